The largest absolute Gasteiger partial charge is 0.465 e. The summed E-state index contributed by atoms with van der Waals surface area (Å²) in [5.41, 5.74) is 0.951. The number of piperidine rings is 1. The van der Waals surface area contributed by atoms with Crippen LogP contribution in [0.1, 0.15) is 36.5 Å². The topological polar surface area (TPSA) is 97.0 Å². The predicted molar refractivity (Wildman–Crippen MR) is 101 cm³/mol. The monoisotopic (exact) mass is 377 g/mol. The molecular formula is C19H27N3O5. The smallest absolute Gasteiger partial charge is 0.409 e. The van der Waals surface area contributed by atoms with Gasteiger partial charge in [-0.1, -0.05) is 6.07 Å². The third kappa shape index (κ3) is 6.56. The lowest BCUT2D eigenvalue weighted by Crippen LogP contribution is -2.45. The van der Waals surface area contributed by atoms with E-state index in [4.69, 9.17) is 4.74 Å². The number of amides is 2. The summed E-state index contributed by atoms with van der Waals surface area (Å²) in [7, 11) is 1.32. The molecule has 8 nitrogen and oxygen atoms in total. The Hall–Kier alpha value is -2.61. The van der Waals surface area contributed by atoms with Gasteiger partial charge >= 0.3 is 12.1 Å². The predicted octanol–water partition coefficient (Wildman–Crippen LogP) is 2.01. The molecular weight excluding hydrogens is 350 g/mol. The van der Waals surface area contributed by atoms with E-state index in [1.54, 1.807) is 36.1 Å². The number of likely N-dealkylation sites (tertiary alicyclic amines) is 1. The lowest BCUT2D eigenvalue weighted by atomic mass is 10.1. The van der Waals surface area contributed by atoms with Crippen LogP contribution in [-0.2, 0) is 14.3 Å². The number of nitrogens with zero attached hydrogens (tertiary/aromatic N) is 1. The van der Waals surface area contributed by atoms with Gasteiger partial charge in [0, 0.05) is 37.8 Å². The number of hydrogen-bond acceptors (Lipinski definition) is 6. The molecule has 1 aliphatic heterocycles. The van der Waals surface area contributed by atoms with Crippen molar-refractivity contribution in [3.8, 4) is 0 Å². The minimum Gasteiger partial charge on any atom is -0.465 e. The molecule has 2 rings (SSSR count). The quantitative estimate of drug-likeness (QED) is 0.706. The van der Waals surface area contributed by atoms with E-state index in [2.05, 4.69) is 15.4 Å². The Kier molecular flexibility index (Phi) is 8.06. The molecule has 0 radical (unpaired) electrons. The Bertz CT molecular complexity index is 657. The molecule has 1 aromatic carbocycles. The van der Waals surface area contributed by atoms with Gasteiger partial charge in [-0.3, -0.25) is 4.79 Å². The number of rotatable bonds is 7. The second-order valence-corrected chi connectivity index (χ2v) is 6.28. The second kappa shape index (κ2) is 10.5. The molecule has 0 aliphatic carbocycles. The molecule has 2 amide bonds. The van der Waals surface area contributed by atoms with Crippen LogP contribution in [0.3, 0.4) is 0 Å². The van der Waals surface area contributed by atoms with Crippen LogP contribution >= 0.6 is 0 Å². The number of hydrogen-bond donors (Lipinski definition) is 2. The van der Waals surface area contributed by atoms with E-state index in [9.17, 15) is 14.4 Å². The van der Waals surface area contributed by atoms with Gasteiger partial charge in [-0.15, -0.1) is 0 Å². The van der Waals surface area contributed by atoms with Crippen molar-refractivity contribution in [3.63, 3.8) is 0 Å². The summed E-state index contributed by atoms with van der Waals surface area (Å²) in [6.07, 6.45) is 1.73. The number of carbonyl (C=O) groups is 3. The fourth-order valence-corrected chi connectivity index (χ4v) is 2.94. The van der Waals surface area contributed by atoms with E-state index in [0.29, 0.717) is 43.9 Å². The molecule has 0 saturated carbocycles. The lowest BCUT2D eigenvalue weighted by Gasteiger charge is -2.31. The van der Waals surface area contributed by atoms with Crippen molar-refractivity contribution >= 4 is 23.7 Å². The van der Waals surface area contributed by atoms with Crippen molar-refractivity contribution in [1.82, 2.24) is 10.2 Å². The zero-order chi connectivity index (χ0) is 19.6. The summed E-state index contributed by atoms with van der Waals surface area (Å²) in [6.45, 7) is 4.04. The van der Waals surface area contributed by atoms with Crippen molar-refractivity contribution in [2.45, 2.75) is 32.2 Å². The van der Waals surface area contributed by atoms with Crippen LogP contribution in [0.2, 0.25) is 0 Å². The Morgan fingerprint density at radius 3 is 2.63 bits per heavy atom. The molecule has 2 N–H and O–H groups in total. The normalized spacial score (nSPS) is 14.5. The van der Waals surface area contributed by atoms with Crippen molar-refractivity contribution in [1.29, 1.82) is 0 Å². The molecule has 27 heavy (non-hydrogen) atoms. The van der Waals surface area contributed by atoms with Crippen LogP contribution in [-0.4, -0.2) is 62.3 Å². The van der Waals surface area contributed by atoms with Crippen molar-refractivity contribution in [3.05, 3.63) is 29.8 Å². The zero-order valence-corrected chi connectivity index (χ0v) is 15.8. The first-order valence-electron chi connectivity index (χ1n) is 9.16. The highest BCUT2D eigenvalue weighted by Crippen LogP contribution is 2.13. The van der Waals surface area contributed by atoms with Crippen LogP contribution in [0, 0.1) is 0 Å². The van der Waals surface area contributed by atoms with Crippen LogP contribution in [0.15, 0.2) is 24.3 Å². The van der Waals surface area contributed by atoms with E-state index in [1.165, 1.54) is 7.11 Å². The molecule has 0 unspecified atom stereocenters. The molecule has 1 heterocycles. The molecule has 0 atom stereocenters. The summed E-state index contributed by atoms with van der Waals surface area (Å²) in [5.74, 6) is -0.574. The van der Waals surface area contributed by atoms with Crippen LogP contribution in [0.4, 0.5) is 10.5 Å². The van der Waals surface area contributed by atoms with E-state index in [0.717, 1.165) is 12.8 Å². The van der Waals surface area contributed by atoms with Crippen molar-refractivity contribution in [2.24, 2.45) is 0 Å². The van der Waals surface area contributed by atoms with Gasteiger partial charge in [0.1, 0.15) is 0 Å². The van der Waals surface area contributed by atoms with Crippen LogP contribution in [0.25, 0.3) is 0 Å². The number of anilines is 1. The number of benzene rings is 1. The van der Waals surface area contributed by atoms with E-state index in [1.807, 2.05) is 0 Å². The van der Waals surface area contributed by atoms with Gasteiger partial charge in [0.05, 0.1) is 19.3 Å². The Morgan fingerprint density at radius 1 is 1.22 bits per heavy atom. The summed E-state index contributed by atoms with van der Waals surface area (Å²) >= 11 is 0. The fraction of sp³-hybridized carbons (Fsp3) is 0.526. The average Bonchev–Trinajstić information content (AvgIpc) is 2.68. The standard InChI is InChI=1S/C19H27N3O5/c1-3-27-19(25)22-11-8-15(9-12-22)20-10-7-17(23)21-16-6-4-5-14(13-16)18(24)26-2/h4-6,13,15,20H,3,7-12H2,1-2H3,(H,21,23). The summed E-state index contributed by atoms with van der Waals surface area (Å²) < 4.78 is 9.67. The van der Waals surface area contributed by atoms with Crippen LogP contribution < -0.4 is 10.6 Å². The number of methoxy groups -OCH3 is 1. The molecule has 0 spiro atoms. The van der Waals surface area contributed by atoms with Crippen molar-refractivity contribution < 1.29 is 23.9 Å². The highest BCUT2D eigenvalue weighted by Gasteiger charge is 2.23. The van der Waals surface area contributed by atoms with E-state index < -0.39 is 5.97 Å². The van der Waals surface area contributed by atoms with E-state index in [-0.39, 0.29) is 18.0 Å². The second-order valence-electron chi connectivity index (χ2n) is 6.28. The highest BCUT2D eigenvalue weighted by molar-refractivity contribution is 5.94. The molecule has 1 aromatic rings. The summed E-state index contributed by atoms with van der Waals surface area (Å²) in [4.78, 5) is 37.0. The third-order valence-corrected chi connectivity index (χ3v) is 4.37. The first kappa shape index (κ1) is 20.7. The molecule has 1 aliphatic rings. The molecule has 0 aromatic heterocycles. The first-order chi connectivity index (χ1) is 13.0. The van der Waals surface area contributed by atoms with Gasteiger partial charge < -0.3 is 25.0 Å². The molecule has 0 bridgehead atoms. The van der Waals surface area contributed by atoms with E-state index >= 15 is 0 Å². The van der Waals surface area contributed by atoms with Gasteiger partial charge in [0.15, 0.2) is 0 Å². The molecule has 1 fully saturated rings. The SMILES string of the molecule is CCOC(=O)N1CCC(NCCC(=O)Nc2cccc(C(=O)OC)c2)CC1. The van der Waals surface area contributed by atoms with Crippen molar-refractivity contribution in [2.75, 3.05) is 38.7 Å². The number of nitrogens with one attached hydrogen (secondary N) is 2. The maximum atomic E-state index is 12.1. The summed E-state index contributed by atoms with van der Waals surface area (Å²) in [5, 5.41) is 6.13. The average molecular weight is 377 g/mol. The van der Waals surface area contributed by atoms with Gasteiger partial charge in [-0.25, -0.2) is 9.59 Å². The van der Waals surface area contributed by atoms with Gasteiger partial charge in [-0.05, 0) is 38.0 Å². The van der Waals surface area contributed by atoms with Gasteiger partial charge in [0.25, 0.3) is 0 Å². The molecule has 8 heteroatoms. The van der Waals surface area contributed by atoms with Crippen LogP contribution in [0.5, 0.6) is 0 Å². The zero-order valence-electron chi connectivity index (χ0n) is 15.8. The summed E-state index contributed by atoms with van der Waals surface area (Å²) in [6, 6.07) is 6.92. The molecule has 148 valence electrons. The lowest BCUT2D eigenvalue weighted by molar-refractivity contribution is -0.116. The highest BCUT2D eigenvalue weighted by atomic mass is 16.6. The maximum absolute atomic E-state index is 12.1. The van der Waals surface area contributed by atoms with Gasteiger partial charge in [0.2, 0.25) is 5.91 Å². The minimum atomic E-state index is -0.443. The maximum Gasteiger partial charge on any atom is 0.409 e. The fourth-order valence-electron chi connectivity index (χ4n) is 2.94. The Balaban J connectivity index is 1.68. The third-order valence-electron chi connectivity index (χ3n) is 4.37. The number of esters is 1. The minimum absolute atomic E-state index is 0.131. The van der Waals surface area contributed by atoms with Gasteiger partial charge in [-0.2, -0.15) is 0 Å². The Morgan fingerprint density at radius 2 is 1.96 bits per heavy atom. The molecule has 1 saturated heterocycles. The first-order valence-corrected chi connectivity index (χ1v) is 9.16. The Labute approximate surface area is 159 Å². The number of carbonyl (C=O) groups excluding carboxylic acids is 3. The number of ether oxygens (including phenoxy) is 2.